The van der Waals surface area contributed by atoms with Gasteiger partial charge >= 0.3 is 5.97 Å². The van der Waals surface area contributed by atoms with E-state index in [0.717, 1.165) is 11.1 Å². The van der Waals surface area contributed by atoms with Crippen molar-refractivity contribution in [3.63, 3.8) is 0 Å². The van der Waals surface area contributed by atoms with Crippen molar-refractivity contribution in [1.82, 2.24) is 0 Å². The lowest BCUT2D eigenvalue weighted by Crippen LogP contribution is -2.40. The Morgan fingerprint density at radius 2 is 2.00 bits per heavy atom. The van der Waals surface area contributed by atoms with E-state index < -0.39 is 12.6 Å². The van der Waals surface area contributed by atoms with Crippen molar-refractivity contribution in [2.75, 3.05) is 20.8 Å². The van der Waals surface area contributed by atoms with E-state index in [4.69, 9.17) is 18.9 Å². The van der Waals surface area contributed by atoms with Gasteiger partial charge in [-0.2, -0.15) is 0 Å². The summed E-state index contributed by atoms with van der Waals surface area (Å²) in [6, 6.07) is 0. The molecule has 0 saturated carbocycles. The molecule has 0 aromatic carbocycles. The zero-order valence-corrected chi connectivity index (χ0v) is 10.2. The monoisotopic (exact) mass is 240 g/mol. The molecule has 2 aliphatic rings. The van der Waals surface area contributed by atoms with Gasteiger partial charge in [0.1, 0.15) is 0 Å². The maximum Gasteiger partial charge on any atom is 0.339 e. The summed E-state index contributed by atoms with van der Waals surface area (Å²) in [5, 5.41) is 0. The molecule has 94 valence electrons. The van der Waals surface area contributed by atoms with Crippen LogP contribution in [0.1, 0.15) is 13.3 Å². The third-order valence-electron chi connectivity index (χ3n) is 2.95. The Bertz CT molecular complexity index is 382. The number of esters is 1. The van der Waals surface area contributed by atoms with Crippen LogP contribution >= 0.6 is 0 Å². The molecule has 0 unspecified atom stereocenters. The van der Waals surface area contributed by atoms with Crippen LogP contribution in [0, 0.1) is 0 Å². The second-order valence-electron chi connectivity index (χ2n) is 3.79. The summed E-state index contributed by atoms with van der Waals surface area (Å²) >= 11 is 0. The van der Waals surface area contributed by atoms with Gasteiger partial charge in [-0.05, 0) is 12.5 Å². The first kappa shape index (κ1) is 12.3. The predicted molar refractivity (Wildman–Crippen MR) is 59.0 cm³/mol. The van der Waals surface area contributed by atoms with Gasteiger partial charge < -0.3 is 18.9 Å². The minimum Gasteiger partial charge on any atom is -0.462 e. The van der Waals surface area contributed by atoms with Gasteiger partial charge in [-0.25, -0.2) is 4.79 Å². The average molecular weight is 240 g/mol. The molecular formula is C12H16O5. The topological polar surface area (TPSA) is 54.0 Å². The second-order valence-corrected chi connectivity index (χ2v) is 3.79. The number of carbonyl (C=O) groups is 1. The number of allylic oxidation sites excluding steroid dienone is 1. The van der Waals surface area contributed by atoms with E-state index >= 15 is 0 Å². The number of methoxy groups -OCH3 is 2. The van der Waals surface area contributed by atoms with Crippen LogP contribution in [-0.2, 0) is 23.7 Å². The van der Waals surface area contributed by atoms with Gasteiger partial charge in [-0.15, -0.1) is 0 Å². The third-order valence-corrected chi connectivity index (χ3v) is 2.95. The lowest BCUT2D eigenvalue weighted by atomic mass is 9.92. The van der Waals surface area contributed by atoms with E-state index in [1.165, 1.54) is 7.11 Å². The second kappa shape index (κ2) is 5.00. The Morgan fingerprint density at radius 3 is 2.59 bits per heavy atom. The van der Waals surface area contributed by atoms with Crippen LogP contribution in [0.4, 0.5) is 0 Å². The first-order valence-corrected chi connectivity index (χ1v) is 5.50. The van der Waals surface area contributed by atoms with E-state index in [9.17, 15) is 4.79 Å². The molecule has 2 heterocycles. The maximum atomic E-state index is 11.7. The summed E-state index contributed by atoms with van der Waals surface area (Å²) in [6.45, 7) is 2.28. The van der Waals surface area contributed by atoms with Crippen LogP contribution in [0.2, 0.25) is 0 Å². The molecule has 0 aromatic heterocycles. The standard InChI is InChI=1S/C12H16O5/c1-4-7-8-5-6-16-10(13)9(8)12(15-3)17-11(7)14-2/h4,11-12H,5-6H2,1-3H3/b7-4-/t11-,12-/m1/s1. The molecule has 2 aliphatic heterocycles. The fraction of sp³-hybridized carbons (Fsp3) is 0.583. The summed E-state index contributed by atoms with van der Waals surface area (Å²) in [5.74, 6) is -0.369. The summed E-state index contributed by atoms with van der Waals surface area (Å²) < 4.78 is 21.0. The van der Waals surface area contributed by atoms with Crippen LogP contribution < -0.4 is 0 Å². The molecule has 2 atom stereocenters. The lowest BCUT2D eigenvalue weighted by Gasteiger charge is -2.35. The fourth-order valence-corrected chi connectivity index (χ4v) is 2.18. The summed E-state index contributed by atoms with van der Waals surface area (Å²) in [6.07, 6.45) is 1.36. The fourth-order valence-electron chi connectivity index (χ4n) is 2.18. The molecular weight excluding hydrogens is 224 g/mol. The highest BCUT2D eigenvalue weighted by molar-refractivity contribution is 5.92. The summed E-state index contributed by atoms with van der Waals surface area (Å²) in [7, 11) is 3.05. The van der Waals surface area contributed by atoms with Crippen LogP contribution in [0.25, 0.3) is 0 Å². The van der Waals surface area contributed by atoms with E-state index in [1.54, 1.807) is 7.11 Å². The highest BCUT2D eigenvalue weighted by atomic mass is 16.8. The lowest BCUT2D eigenvalue weighted by molar-refractivity contribution is -0.208. The highest BCUT2D eigenvalue weighted by Gasteiger charge is 2.39. The van der Waals surface area contributed by atoms with Gasteiger partial charge in [-0.3, -0.25) is 0 Å². The zero-order chi connectivity index (χ0) is 12.4. The van der Waals surface area contributed by atoms with E-state index in [0.29, 0.717) is 18.6 Å². The first-order chi connectivity index (χ1) is 8.22. The number of rotatable bonds is 2. The SMILES string of the molecule is C/C=C1/C2=C(C(=O)OCC2)[C@H](OC)O[C@H]1OC. The van der Waals surface area contributed by atoms with Gasteiger partial charge in [0.05, 0.1) is 12.2 Å². The maximum absolute atomic E-state index is 11.7. The molecule has 0 aromatic rings. The summed E-state index contributed by atoms with van der Waals surface area (Å²) in [4.78, 5) is 11.7. The van der Waals surface area contributed by atoms with Crippen molar-refractivity contribution >= 4 is 5.97 Å². The molecule has 0 aliphatic carbocycles. The minimum atomic E-state index is -0.716. The van der Waals surface area contributed by atoms with E-state index in [2.05, 4.69) is 0 Å². The van der Waals surface area contributed by atoms with Crippen LogP contribution in [0.3, 0.4) is 0 Å². The van der Waals surface area contributed by atoms with Crippen molar-refractivity contribution in [2.24, 2.45) is 0 Å². The molecule has 5 heteroatoms. The Hall–Kier alpha value is -1.17. The van der Waals surface area contributed by atoms with Gasteiger partial charge in [0.15, 0.2) is 12.6 Å². The van der Waals surface area contributed by atoms with Crippen molar-refractivity contribution in [2.45, 2.75) is 25.9 Å². The van der Waals surface area contributed by atoms with Crippen molar-refractivity contribution in [3.8, 4) is 0 Å². The Balaban J connectivity index is 2.48. The average Bonchev–Trinajstić information content (AvgIpc) is 2.36. The molecule has 5 nitrogen and oxygen atoms in total. The third kappa shape index (κ3) is 2.01. The quantitative estimate of drug-likeness (QED) is 0.678. The Kier molecular flexibility index (Phi) is 3.61. The Labute approximate surface area is 100.0 Å². The smallest absolute Gasteiger partial charge is 0.339 e. The largest absolute Gasteiger partial charge is 0.462 e. The number of carbonyl (C=O) groups excluding carboxylic acids is 1. The molecule has 0 amide bonds. The van der Waals surface area contributed by atoms with Crippen molar-refractivity contribution in [3.05, 3.63) is 22.8 Å². The van der Waals surface area contributed by atoms with Crippen LogP contribution in [0.15, 0.2) is 22.8 Å². The Morgan fingerprint density at radius 1 is 1.29 bits per heavy atom. The molecule has 0 fully saturated rings. The number of ether oxygens (including phenoxy) is 4. The molecule has 2 rings (SSSR count). The van der Waals surface area contributed by atoms with Gasteiger partial charge in [-0.1, -0.05) is 6.08 Å². The summed E-state index contributed by atoms with van der Waals surface area (Å²) in [5.41, 5.74) is 2.27. The molecule has 0 bridgehead atoms. The zero-order valence-electron chi connectivity index (χ0n) is 10.2. The predicted octanol–water partition coefficient (Wildman–Crippen LogP) is 1.15. The van der Waals surface area contributed by atoms with Gasteiger partial charge in [0.25, 0.3) is 0 Å². The molecule has 0 radical (unpaired) electrons. The number of hydrogen-bond donors (Lipinski definition) is 0. The van der Waals surface area contributed by atoms with Crippen molar-refractivity contribution in [1.29, 1.82) is 0 Å². The molecule has 0 spiro atoms. The number of cyclic esters (lactones) is 1. The molecule has 17 heavy (non-hydrogen) atoms. The number of hydrogen-bond acceptors (Lipinski definition) is 5. The first-order valence-electron chi connectivity index (χ1n) is 5.50. The minimum absolute atomic E-state index is 0.369. The van der Waals surface area contributed by atoms with Gasteiger partial charge in [0, 0.05) is 26.2 Å². The molecule has 0 saturated heterocycles. The van der Waals surface area contributed by atoms with Gasteiger partial charge in [0.2, 0.25) is 0 Å². The normalized spacial score (nSPS) is 31.5. The molecule has 0 N–H and O–H groups in total. The van der Waals surface area contributed by atoms with E-state index in [1.807, 2.05) is 13.0 Å². The van der Waals surface area contributed by atoms with Crippen molar-refractivity contribution < 1.29 is 23.7 Å². The highest BCUT2D eigenvalue weighted by Crippen LogP contribution is 2.36. The van der Waals surface area contributed by atoms with E-state index in [-0.39, 0.29) is 5.97 Å². The van der Waals surface area contributed by atoms with Crippen LogP contribution in [0.5, 0.6) is 0 Å². The van der Waals surface area contributed by atoms with Crippen LogP contribution in [-0.4, -0.2) is 39.4 Å².